The van der Waals surface area contributed by atoms with Crippen molar-refractivity contribution >= 4 is 35.3 Å². The van der Waals surface area contributed by atoms with E-state index < -0.39 is 23.5 Å². The number of rotatable bonds is 5. The van der Waals surface area contributed by atoms with E-state index >= 15 is 0 Å². The van der Waals surface area contributed by atoms with Crippen molar-refractivity contribution in [3.63, 3.8) is 0 Å². The third-order valence-corrected chi connectivity index (χ3v) is 3.55. The summed E-state index contributed by atoms with van der Waals surface area (Å²) in [6.07, 6.45) is 1.38. The van der Waals surface area contributed by atoms with Crippen LogP contribution in [0.3, 0.4) is 0 Å². The standard InChI is InChI=1S/C17H15ClFN3O2/c1-11(16(23)21-15-9-5-4-8-14(15)19)17(24)22-20-10-12-6-2-3-7-13(12)18/h2-11H,1H3,(H,21,23)(H,22,24). The first kappa shape index (κ1) is 17.6. The van der Waals surface area contributed by atoms with Gasteiger partial charge in [0, 0.05) is 10.6 Å². The zero-order chi connectivity index (χ0) is 17.5. The molecule has 124 valence electrons. The van der Waals surface area contributed by atoms with Gasteiger partial charge in [0.1, 0.15) is 11.7 Å². The molecule has 1 atom stereocenters. The van der Waals surface area contributed by atoms with Gasteiger partial charge in [0.25, 0.3) is 5.91 Å². The van der Waals surface area contributed by atoms with Crippen LogP contribution < -0.4 is 10.7 Å². The van der Waals surface area contributed by atoms with Gasteiger partial charge in [-0.3, -0.25) is 9.59 Å². The summed E-state index contributed by atoms with van der Waals surface area (Å²) in [6.45, 7) is 1.40. The molecule has 0 saturated heterocycles. The van der Waals surface area contributed by atoms with E-state index in [0.29, 0.717) is 10.6 Å². The molecule has 2 amide bonds. The van der Waals surface area contributed by atoms with E-state index in [9.17, 15) is 14.0 Å². The molecule has 2 aromatic rings. The Morgan fingerprint density at radius 3 is 2.50 bits per heavy atom. The van der Waals surface area contributed by atoms with Crippen LogP contribution >= 0.6 is 11.6 Å². The Bertz CT molecular complexity index is 780. The van der Waals surface area contributed by atoms with Gasteiger partial charge in [0.2, 0.25) is 5.91 Å². The number of benzene rings is 2. The maximum absolute atomic E-state index is 13.5. The molecular formula is C17H15ClFN3O2. The highest BCUT2D eigenvalue weighted by atomic mass is 35.5. The molecule has 0 fully saturated rings. The number of hydrazone groups is 1. The summed E-state index contributed by atoms with van der Waals surface area (Å²) in [5, 5.41) is 6.61. The number of hydrogen-bond donors (Lipinski definition) is 2. The molecule has 0 aromatic heterocycles. The first-order chi connectivity index (χ1) is 11.5. The molecule has 24 heavy (non-hydrogen) atoms. The van der Waals surface area contributed by atoms with Crippen LogP contribution in [-0.2, 0) is 9.59 Å². The minimum absolute atomic E-state index is 0.0155. The van der Waals surface area contributed by atoms with Crippen LogP contribution in [0.4, 0.5) is 10.1 Å². The SMILES string of the molecule is CC(C(=O)NN=Cc1ccccc1Cl)C(=O)Nc1ccccc1F. The molecule has 0 heterocycles. The normalized spacial score (nSPS) is 12.0. The Labute approximate surface area is 143 Å². The molecule has 2 aromatic carbocycles. The fraction of sp³-hybridized carbons (Fsp3) is 0.118. The van der Waals surface area contributed by atoms with Crippen molar-refractivity contribution in [2.45, 2.75) is 6.92 Å². The van der Waals surface area contributed by atoms with E-state index in [2.05, 4.69) is 15.8 Å². The monoisotopic (exact) mass is 347 g/mol. The van der Waals surface area contributed by atoms with Gasteiger partial charge in [-0.1, -0.05) is 41.9 Å². The van der Waals surface area contributed by atoms with Gasteiger partial charge in [0.15, 0.2) is 0 Å². The number of nitrogens with one attached hydrogen (secondary N) is 2. The van der Waals surface area contributed by atoms with E-state index in [0.717, 1.165) is 0 Å². The lowest BCUT2D eigenvalue weighted by molar-refractivity contribution is -0.131. The second-order valence-electron chi connectivity index (χ2n) is 4.95. The molecular weight excluding hydrogens is 333 g/mol. The van der Waals surface area contributed by atoms with Gasteiger partial charge in [-0.2, -0.15) is 5.10 Å². The Balaban J connectivity index is 1.93. The average Bonchev–Trinajstić information content (AvgIpc) is 2.57. The molecule has 2 N–H and O–H groups in total. The number of anilines is 1. The molecule has 2 rings (SSSR count). The largest absolute Gasteiger partial charge is 0.323 e. The number of carbonyl (C=O) groups is 2. The number of amides is 2. The smallest absolute Gasteiger partial charge is 0.252 e. The van der Waals surface area contributed by atoms with Crippen LogP contribution in [0.25, 0.3) is 0 Å². The molecule has 0 bridgehead atoms. The number of halogens is 2. The molecule has 0 radical (unpaired) electrons. The van der Waals surface area contributed by atoms with Crippen LogP contribution in [-0.4, -0.2) is 18.0 Å². The maximum atomic E-state index is 13.5. The van der Waals surface area contributed by atoms with Crippen molar-refractivity contribution in [3.8, 4) is 0 Å². The fourth-order valence-corrected chi connectivity index (χ4v) is 1.95. The maximum Gasteiger partial charge on any atom is 0.252 e. The van der Waals surface area contributed by atoms with E-state index in [1.807, 2.05) is 0 Å². The molecule has 1 unspecified atom stereocenters. The van der Waals surface area contributed by atoms with Gasteiger partial charge in [-0.05, 0) is 25.1 Å². The van der Waals surface area contributed by atoms with Crippen LogP contribution in [0.15, 0.2) is 53.6 Å². The topological polar surface area (TPSA) is 70.6 Å². The highest BCUT2D eigenvalue weighted by Crippen LogP contribution is 2.14. The van der Waals surface area contributed by atoms with Gasteiger partial charge in [0.05, 0.1) is 11.9 Å². The molecule has 0 spiro atoms. The number of nitrogens with zero attached hydrogens (tertiary/aromatic N) is 1. The quantitative estimate of drug-likeness (QED) is 0.495. The fourth-order valence-electron chi connectivity index (χ4n) is 1.76. The predicted octanol–water partition coefficient (Wildman–Crippen LogP) is 3.20. The molecule has 7 heteroatoms. The van der Waals surface area contributed by atoms with Crippen molar-refractivity contribution in [2.75, 3.05) is 5.32 Å². The number of hydrogen-bond acceptors (Lipinski definition) is 3. The average molecular weight is 348 g/mol. The van der Waals surface area contributed by atoms with Crippen LogP contribution in [0, 0.1) is 11.7 Å². The Kier molecular flexibility index (Phi) is 6.03. The van der Waals surface area contributed by atoms with Gasteiger partial charge in [-0.25, -0.2) is 9.82 Å². The minimum atomic E-state index is -1.05. The van der Waals surface area contributed by atoms with E-state index in [-0.39, 0.29) is 5.69 Å². The van der Waals surface area contributed by atoms with Crippen molar-refractivity contribution in [2.24, 2.45) is 11.0 Å². The highest BCUT2D eigenvalue weighted by Gasteiger charge is 2.22. The number of para-hydroxylation sites is 1. The summed E-state index contributed by atoms with van der Waals surface area (Å²) in [6, 6.07) is 12.7. The van der Waals surface area contributed by atoms with Gasteiger partial charge in [-0.15, -0.1) is 0 Å². The van der Waals surface area contributed by atoms with Crippen molar-refractivity contribution in [1.29, 1.82) is 0 Å². The zero-order valence-corrected chi connectivity index (χ0v) is 13.5. The Morgan fingerprint density at radius 2 is 1.79 bits per heavy atom. The third kappa shape index (κ3) is 4.63. The summed E-state index contributed by atoms with van der Waals surface area (Å²) < 4.78 is 13.5. The molecule has 0 saturated carbocycles. The Hall–Kier alpha value is -2.73. The number of carbonyl (C=O) groups excluding carboxylic acids is 2. The minimum Gasteiger partial charge on any atom is -0.323 e. The predicted molar refractivity (Wildman–Crippen MR) is 91.4 cm³/mol. The van der Waals surface area contributed by atoms with Crippen molar-refractivity contribution in [1.82, 2.24) is 5.43 Å². The summed E-state index contributed by atoms with van der Waals surface area (Å²) in [4.78, 5) is 23.9. The van der Waals surface area contributed by atoms with Crippen LogP contribution in [0.5, 0.6) is 0 Å². The molecule has 5 nitrogen and oxygen atoms in total. The molecule has 0 aliphatic carbocycles. The Morgan fingerprint density at radius 1 is 1.12 bits per heavy atom. The van der Waals surface area contributed by atoms with Crippen LogP contribution in [0.2, 0.25) is 5.02 Å². The molecule has 0 aliphatic rings. The van der Waals surface area contributed by atoms with Gasteiger partial charge >= 0.3 is 0 Å². The van der Waals surface area contributed by atoms with Gasteiger partial charge < -0.3 is 5.32 Å². The second-order valence-corrected chi connectivity index (χ2v) is 5.35. The first-order valence-corrected chi connectivity index (χ1v) is 7.49. The summed E-state index contributed by atoms with van der Waals surface area (Å²) in [7, 11) is 0. The van der Waals surface area contributed by atoms with E-state index in [4.69, 9.17) is 11.6 Å². The highest BCUT2D eigenvalue weighted by molar-refractivity contribution is 6.33. The van der Waals surface area contributed by atoms with E-state index in [1.165, 1.54) is 31.3 Å². The summed E-state index contributed by atoms with van der Waals surface area (Å²) in [5.41, 5.74) is 2.90. The second kappa shape index (κ2) is 8.21. The zero-order valence-electron chi connectivity index (χ0n) is 12.8. The third-order valence-electron chi connectivity index (χ3n) is 3.20. The van der Waals surface area contributed by atoms with E-state index in [1.54, 1.807) is 30.3 Å². The van der Waals surface area contributed by atoms with Crippen LogP contribution in [0.1, 0.15) is 12.5 Å². The summed E-state index contributed by atoms with van der Waals surface area (Å²) >= 11 is 5.95. The lowest BCUT2D eigenvalue weighted by Crippen LogP contribution is -2.34. The lowest BCUT2D eigenvalue weighted by atomic mass is 10.1. The first-order valence-electron chi connectivity index (χ1n) is 7.12. The summed E-state index contributed by atoms with van der Waals surface area (Å²) in [5.74, 6) is -2.87. The lowest BCUT2D eigenvalue weighted by Gasteiger charge is -2.11. The molecule has 0 aliphatic heterocycles. The van der Waals surface area contributed by atoms with Crippen molar-refractivity contribution < 1.29 is 14.0 Å². The van der Waals surface area contributed by atoms with Crippen molar-refractivity contribution in [3.05, 3.63) is 64.9 Å².